The van der Waals surface area contributed by atoms with Gasteiger partial charge in [-0.1, -0.05) is 38.6 Å². The van der Waals surface area contributed by atoms with Crippen LogP contribution in [0, 0.1) is 11.8 Å². The zero-order valence-electron chi connectivity index (χ0n) is 20.4. The Hall–Kier alpha value is -3.01. The Kier molecular flexibility index (Phi) is 10.4. The number of aromatic amines is 1. The second-order valence-corrected chi connectivity index (χ2v) is 9.44. The molecule has 1 atom stereocenters. The van der Waals surface area contributed by atoms with E-state index in [0.717, 1.165) is 28.6 Å². The van der Waals surface area contributed by atoms with Crippen molar-refractivity contribution < 1.29 is 23.9 Å². The number of fused-ring (bicyclic) bond motifs is 1. The average Bonchev–Trinajstić information content (AvgIpc) is 3.42. The molecule has 0 unspecified atom stereocenters. The van der Waals surface area contributed by atoms with E-state index in [1.807, 2.05) is 12.1 Å². The van der Waals surface area contributed by atoms with Gasteiger partial charge >= 0.3 is 0 Å². The van der Waals surface area contributed by atoms with Crippen LogP contribution in [0.1, 0.15) is 37.7 Å². The number of Topliss-reactive ketones (excluding diaryl/α,β-unsaturated/α-hetero) is 1. The number of nitrogens with zero attached hydrogens (tertiary/aromatic N) is 1. The highest BCUT2D eigenvalue weighted by atomic mass is 32.2. The van der Waals surface area contributed by atoms with Gasteiger partial charge in [0, 0.05) is 24.0 Å². The predicted molar refractivity (Wildman–Crippen MR) is 134 cm³/mol. The molecule has 1 saturated heterocycles. The van der Waals surface area contributed by atoms with Crippen molar-refractivity contribution in [1.29, 1.82) is 0 Å². The smallest absolute Gasteiger partial charge is 0.281 e. The first kappa shape index (κ1) is 27.2. The maximum absolute atomic E-state index is 12.4. The first-order chi connectivity index (χ1) is 16.2. The fourth-order valence-electron chi connectivity index (χ4n) is 3.39. The topological polar surface area (TPSA) is 121 Å². The van der Waals surface area contributed by atoms with Crippen LogP contribution >= 0.6 is 11.8 Å². The minimum atomic E-state index is -0.431. The van der Waals surface area contributed by atoms with Gasteiger partial charge in [0.15, 0.2) is 5.78 Å². The van der Waals surface area contributed by atoms with E-state index in [-0.39, 0.29) is 42.5 Å². The van der Waals surface area contributed by atoms with E-state index >= 15 is 0 Å². The fourth-order valence-corrected chi connectivity index (χ4v) is 3.79. The Morgan fingerprint density at radius 3 is 2.56 bits per heavy atom. The van der Waals surface area contributed by atoms with Crippen LogP contribution in [0.25, 0.3) is 10.9 Å². The van der Waals surface area contributed by atoms with Crippen molar-refractivity contribution in [3.63, 3.8) is 0 Å². The van der Waals surface area contributed by atoms with Crippen LogP contribution in [0.2, 0.25) is 0 Å². The summed E-state index contributed by atoms with van der Waals surface area (Å²) in [6, 6.07) is 7.09. The molecule has 2 heterocycles. The second kappa shape index (κ2) is 13.0. The predicted octanol–water partition coefficient (Wildman–Crippen LogP) is 3.06. The molecule has 3 rings (SSSR count). The third-order valence-electron chi connectivity index (χ3n) is 4.94. The molecule has 3 amide bonds. The molecule has 0 saturated carbocycles. The van der Waals surface area contributed by atoms with E-state index in [9.17, 15) is 19.2 Å². The lowest BCUT2D eigenvalue weighted by molar-refractivity contribution is -0.123. The zero-order chi connectivity index (χ0) is 25.3. The molecular weight excluding hydrogens is 456 g/mol. The Morgan fingerprint density at radius 2 is 1.97 bits per heavy atom. The summed E-state index contributed by atoms with van der Waals surface area (Å²) >= 11 is 0.985. The molecular formula is C24H34N4O5S. The van der Waals surface area contributed by atoms with E-state index in [1.165, 1.54) is 4.90 Å². The van der Waals surface area contributed by atoms with Gasteiger partial charge in [-0.3, -0.25) is 19.2 Å². The van der Waals surface area contributed by atoms with Crippen molar-refractivity contribution in [1.82, 2.24) is 20.5 Å². The van der Waals surface area contributed by atoms with Crippen molar-refractivity contribution >= 4 is 45.5 Å². The molecule has 3 N–H and O–H groups in total. The number of carbonyl (C=O) groups excluding carboxylic acids is 4. The SMILES string of the molecule is CC(C)C.COc1cccc2[nH]c(C(=O)NCC(=O)CN(C[C@@H]3CCNC3=O)C(=O)SC)cc12. The molecule has 186 valence electrons. The number of methoxy groups -OCH3 is 1. The summed E-state index contributed by atoms with van der Waals surface area (Å²) in [5, 5.41) is 5.79. The van der Waals surface area contributed by atoms with Gasteiger partial charge < -0.3 is 25.3 Å². The van der Waals surface area contributed by atoms with Crippen LogP contribution in [0.3, 0.4) is 0 Å². The van der Waals surface area contributed by atoms with Gasteiger partial charge in [0.05, 0.1) is 26.1 Å². The van der Waals surface area contributed by atoms with Crippen LogP contribution in [0.5, 0.6) is 5.75 Å². The number of ether oxygens (including phenoxy) is 1. The number of H-pyrrole nitrogens is 1. The van der Waals surface area contributed by atoms with Crippen molar-refractivity contribution in [2.75, 3.05) is 39.5 Å². The fraction of sp³-hybridized carbons (Fsp3) is 0.500. The lowest BCUT2D eigenvalue weighted by atomic mass is 10.1. The van der Waals surface area contributed by atoms with E-state index in [1.54, 1.807) is 25.5 Å². The quantitative estimate of drug-likeness (QED) is 0.523. The standard InChI is InChI=1S/C20H24N4O5S.C4H10/c1-29-17-5-3-4-15-14(17)8-16(23-15)19(27)22-9-13(25)11-24(20(28)30-2)10-12-6-7-21-18(12)26;1-4(2)3/h3-5,8,12,23H,6-7,9-11H2,1-2H3,(H,21,26)(H,22,27);4H,1-3H3/t12-;/m0./s1. The molecule has 9 nitrogen and oxygen atoms in total. The Labute approximate surface area is 204 Å². The number of nitrogens with one attached hydrogen (secondary N) is 3. The van der Waals surface area contributed by atoms with Gasteiger partial charge in [0.2, 0.25) is 5.91 Å². The normalized spacial score (nSPS) is 14.9. The average molecular weight is 491 g/mol. The Morgan fingerprint density at radius 1 is 1.26 bits per heavy atom. The highest BCUT2D eigenvalue weighted by Gasteiger charge is 2.29. The molecule has 1 fully saturated rings. The maximum Gasteiger partial charge on any atom is 0.281 e. The second-order valence-electron chi connectivity index (χ2n) is 8.69. The highest BCUT2D eigenvalue weighted by molar-refractivity contribution is 8.12. The van der Waals surface area contributed by atoms with Crippen molar-refractivity contribution in [3.05, 3.63) is 30.0 Å². The summed E-state index contributed by atoms with van der Waals surface area (Å²) in [4.78, 5) is 53.1. The van der Waals surface area contributed by atoms with Crippen LogP contribution in [-0.4, -0.2) is 72.3 Å². The Balaban J connectivity index is 0.000000945. The van der Waals surface area contributed by atoms with Crippen molar-refractivity contribution in [3.8, 4) is 5.75 Å². The van der Waals surface area contributed by atoms with Crippen LogP contribution in [-0.2, 0) is 9.59 Å². The molecule has 1 aromatic heterocycles. The third-order valence-corrected chi connectivity index (χ3v) is 5.55. The zero-order valence-corrected chi connectivity index (χ0v) is 21.2. The number of benzene rings is 1. The van der Waals surface area contributed by atoms with E-state index in [0.29, 0.717) is 24.4 Å². The lowest BCUT2D eigenvalue weighted by Gasteiger charge is -2.23. The molecule has 10 heteroatoms. The van der Waals surface area contributed by atoms with Gasteiger partial charge in [-0.2, -0.15) is 0 Å². The van der Waals surface area contributed by atoms with Crippen LogP contribution < -0.4 is 15.4 Å². The monoisotopic (exact) mass is 490 g/mol. The summed E-state index contributed by atoms with van der Waals surface area (Å²) in [5.41, 5.74) is 1.05. The first-order valence-corrected chi connectivity index (χ1v) is 12.4. The molecule has 1 aliphatic rings. The number of aromatic nitrogens is 1. The first-order valence-electron chi connectivity index (χ1n) is 11.2. The summed E-state index contributed by atoms with van der Waals surface area (Å²) in [6.45, 7) is 6.88. The molecule has 0 aliphatic carbocycles. The van der Waals surface area contributed by atoms with E-state index in [4.69, 9.17) is 4.74 Å². The van der Waals surface area contributed by atoms with Crippen molar-refractivity contribution in [2.24, 2.45) is 11.8 Å². The molecule has 0 spiro atoms. The number of carbonyl (C=O) groups is 4. The summed E-state index contributed by atoms with van der Waals surface area (Å²) in [7, 11) is 1.55. The summed E-state index contributed by atoms with van der Waals surface area (Å²) in [6.07, 6.45) is 2.26. The largest absolute Gasteiger partial charge is 0.496 e. The maximum atomic E-state index is 12.4. The minimum Gasteiger partial charge on any atom is -0.496 e. The van der Waals surface area contributed by atoms with Gasteiger partial charge in [0.25, 0.3) is 11.1 Å². The lowest BCUT2D eigenvalue weighted by Crippen LogP contribution is -2.42. The molecule has 2 aromatic rings. The molecule has 0 radical (unpaired) electrons. The van der Waals surface area contributed by atoms with Gasteiger partial charge in [0.1, 0.15) is 11.4 Å². The van der Waals surface area contributed by atoms with Gasteiger partial charge in [-0.05, 0) is 36.8 Å². The number of ketones is 1. The number of amides is 3. The summed E-state index contributed by atoms with van der Waals surface area (Å²) in [5.74, 6) is 0.298. The number of hydrogen-bond donors (Lipinski definition) is 3. The van der Waals surface area contributed by atoms with Crippen LogP contribution in [0.15, 0.2) is 24.3 Å². The van der Waals surface area contributed by atoms with E-state index < -0.39 is 5.91 Å². The molecule has 0 bridgehead atoms. The number of thioether (sulfide) groups is 1. The van der Waals surface area contributed by atoms with Crippen molar-refractivity contribution in [2.45, 2.75) is 27.2 Å². The summed E-state index contributed by atoms with van der Waals surface area (Å²) < 4.78 is 5.28. The molecule has 34 heavy (non-hydrogen) atoms. The minimum absolute atomic E-state index is 0.108. The number of hydrogen-bond acceptors (Lipinski definition) is 6. The van der Waals surface area contributed by atoms with Crippen LogP contribution in [0.4, 0.5) is 4.79 Å². The molecule has 1 aliphatic heterocycles. The van der Waals surface area contributed by atoms with E-state index in [2.05, 4.69) is 36.4 Å². The Bertz CT molecular complexity index is 1020. The highest BCUT2D eigenvalue weighted by Crippen LogP contribution is 2.25. The van der Waals surface area contributed by atoms with Gasteiger partial charge in [-0.25, -0.2) is 0 Å². The van der Waals surface area contributed by atoms with Gasteiger partial charge in [-0.15, -0.1) is 0 Å². The molecule has 1 aromatic carbocycles. The third kappa shape index (κ3) is 7.79. The number of rotatable bonds is 8.